The van der Waals surface area contributed by atoms with Crippen LogP contribution in [0.15, 0.2) is 0 Å². The maximum atomic E-state index is 12.4. The fraction of sp³-hybridized carbons (Fsp3) is 0.923. The highest BCUT2D eigenvalue weighted by Crippen LogP contribution is 2.54. The molecule has 0 spiro atoms. The highest BCUT2D eigenvalue weighted by molar-refractivity contribution is 6.18. The van der Waals surface area contributed by atoms with Crippen LogP contribution in [0.4, 0.5) is 0 Å². The van der Waals surface area contributed by atoms with Gasteiger partial charge in [-0.15, -0.1) is 11.6 Å². The van der Waals surface area contributed by atoms with Crippen LogP contribution in [0.1, 0.15) is 32.6 Å². The molecule has 0 radical (unpaired) electrons. The van der Waals surface area contributed by atoms with E-state index in [0.717, 1.165) is 37.6 Å². The van der Waals surface area contributed by atoms with E-state index in [-0.39, 0.29) is 0 Å². The van der Waals surface area contributed by atoms with Crippen molar-refractivity contribution in [2.45, 2.75) is 38.6 Å². The summed E-state index contributed by atoms with van der Waals surface area (Å²) in [5.41, 5.74) is 0. The van der Waals surface area contributed by atoms with Crippen molar-refractivity contribution in [1.29, 1.82) is 0 Å². The monoisotopic (exact) mass is 241 g/mol. The number of nitrogens with zero attached hydrogens (tertiary/aromatic N) is 1. The van der Waals surface area contributed by atoms with Gasteiger partial charge >= 0.3 is 0 Å². The first kappa shape index (κ1) is 10.9. The van der Waals surface area contributed by atoms with Gasteiger partial charge in [0.25, 0.3) is 0 Å². The van der Waals surface area contributed by atoms with Crippen LogP contribution >= 0.6 is 11.6 Å². The summed E-state index contributed by atoms with van der Waals surface area (Å²) in [6.45, 7) is 3.15. The number of halogens is 1. The molecule has 3 fully saturated rings. The van der Waals surface area contributed by atoms with Gasteiger partial charge in [-0.25, -0.2) is 0 Å². The summed E-state index contributed by atoms with van der Waals surface area (Å²) in [6.07, 6.45) is 4.83. The average molecular weight is 242 g/mol. The van der Waals surface area contributed by atoms with E-state index in [4.69, 9.17) is 11.6 Å². The summed E-state index contributed by atoms with van der Waals surface area (Å²) in [7, 11) is 0. The van der Waals surface area contributed by atoms with Gasteiger partial charge in [0.05, 0.1) is 0 Å². The van der Waals surface area contributed by atoms with Gasteiger partial charge < -0.3 is 4.90 Å². The Kier molecular flexibility index (Phi) is 2.66. The number of carbonyl (C=O) groups is 1. The number of alkyl halides is 1. The molecule has 1 saturated heterocycles. The number of hydrogen-bond acceptors (Lipinski definition) is 1. The van der Waals surface area contributed by atoms with E-state index < -0.39 is 0 Å². The van der Waals surface area contributed by atoms with Crippen LogP contribution < -0.4 is 0 Å². The molecule has 1 heterocycles. The summed E-state index contributed by atoms with van der Waals surface area (Å²) < 4.78 is 0. The second-order valence-electron chi connectivity index (χ2n) is 5.94. The Bertz CT molecular complexity index is 296. The fourth-order valence-electron chi connectivity index (χ4n) is 3.67. The van der Waals surface area contributed by atoms with Gasteiger partial charge in [0.2, 0.25) is 5.91 Å². The van der Waals surface area contributed by atoms with Crippen molar-refractivity contribution in [2.24, 2.45) is 23.7 Å². The lowest BCUT2D eigenvalue weighted by molar-refractivity contribution is -0.136. The highest BCUT2D eigenvalue weighted by Gasteiger charge is 2.50. The Balaban J connectivity index is 1.65. The summed E-state index contributed by atoms with van der Waals surface area (Å²) in [4.78, 5) is 14.5. The van der Waals surface area contributed by atoms with E-state index in [1.54, 1.807) is 0 Å². The summed E-state index contributed by atoms with van der Waals surface area (Å²) >= 11 is 5.99. The van der Waals surface area contributed by atoms with Crippen molar-refractivity contribution >= 4 is 17.5 Å². The highest BCUT2D eigenvalue weighted by atomic mass is 35.5. The van der Waals surface area contributed by atoms with E-state index >= 15 is 0 Å². The van der Waals surface area contributed by atoms with Crippen LogP contribution in [-0.4, -0.2) is 29.3 Å². The molecule has 4 unspecified atom stereocenters. The zero-order chi connectivity index (χ0) is 11.3. The second-order valence-corrected chi connectivity index (χ2v) is 6.25. The van der Waals surface area contributed by atoms with Crippen molar-refractivity contribution in [1.82, 2.24) is 4.90 Å². The number of likely N-dealkylation sites (tertiary alicyclic amines) is 1. The zero-order valence-corrected chi connectivity index (χ0v) is 10.6. The molecular weight excluding hydrogens is 222 g/mol. The van der Waals surface area contributed by atoms with Crippen molar-refractivity contribution in [3.05, 3.63) is 0 Å². The molecule has 3 aliphatic rings. The van der Waals surface area contributed by atoms with Crippen LogP contribution in [0.25, 0.3) is 0 Å². The molecule has 0 aromatic heterocycles. The van der Waals surface area contributed by atoms with Crippen molar-refractivity contribution in [2.75, 3.05) is 12.4 Å². The molecule has 3 rings (SSSR count). The Morgan fingerprint density at radius 3 is 2.62 bits per heavy atom. The normalized spacial score (nSPS) is 45.9. The van der Waals surface area contributed by atoms with Crippen LogP contribution in [0.5, 0.6) is 0 Å². The summed E-state index contributed by atoms with van der Waals surface area (Å²) in [6, 6.07) is 0.297. The first-order valence-corrected chi connectivity index (χ1v) is 7.10. The van der Waals surface area contributed by atoms with Gasteiger partial charge in [-0.05, 0) is 43.4 Å². The molecule has 1 amide bonds. The minimum absolute atomic E-state index is 0.297. The third-order valence-electron chi connectivity index (χ3n) is 4.92. The van der Waals surface area contributed by atoms with Gasteiger partial charge in [0, 0.05) is 24.4 Å². The third-order valence-corrected chi connectivity index (χ3v) is 5.23. The molecule has 1 aliphatic heterocycles. The molecule has 0 aromatic rings. The number of hydrogen-bond donors (Lipinski definition) is 0. The Hall–Kier alpha value is -0.240. The lowest BCUT2D eigenvalue weighted by Crippen LogP contribution is -2.41. The topological polar surface area (TPSA) is 20.3 Å². The van der Waals surface area contributed by atoms with Gasteiger partial charge in [0.1, 0.15) is 0 Å². The Morgan fingerprint density at radius 2 is 2.00 bits per heavy atom. The molecule has 0 aromatic carbocycles. The largest absolute Gasteiger partial charge is 0.338 e. The van der Waals surface area contributed by atoms with E-state index in [1.165, 1.54) is 6.42 Å². The van der Waals surface area contributed by atoms with Crippen molar-refractivity contribution in [3.63, 3.8) is 0 Å². The quantitative estimate of drug-likeness (QED) is 0.681. The predicted octanol–water partition coefficient (Wildman–Crippen LogP) is 2.51. The van der Waals surface area contributed by atoms with Crippen LogP contribution in [0.3, 0.4) is 0 Å². The number of rotatable bonds is 2. The maximum absolute atomic E-state index is 12.4. The van der Waals surface area contributed by atoms with Gasteiger partial charge in [-0.1, -0.05) is 6.92 Å². The predicted molar refractivity (Wildman–Crippen MR) is 64.3 cm³/mol. The minimum Gasteiger partial charge on any atom is -0.338 e. The van der Waals surface area contributed by atoms with E-state index in [2.05, 4.69) is 11.8 Å². The molecule has 0 bridgehead atoms. The molecule has 3 heteroatoms. The van der Waals surface area contributed by atoms with Gasteiger partial charge in [0.15, 0.2) is 0 Å². The third kappa shape index (κ3) is 1.66. The molecular formula is C13H20ClNO. The van der Waals surface area contributed by atoms with Gasteiger partial charge in [-0.2, -0.15) is 0 Å². The first-order chi connectivity index (χ1) is 7.70. The summed E-state index contributed by atoms with van der Waals surface area (Å²) in [5.74, 6) is 3.71. The molecule has 2 saturated carbocycles. The number of fused-ring (bicyclic) bond motifs is 1. The zero-order valence-electron chi connectivity index (χ0n) is 9.86. The standard InChI is InChI=1S/C13H20ClNO/c1-8-2-3-15(12(8)7-14)13(16)11-5-9-4-10(9)6-11/h8-12H,2-7H2,1H3. The van der Waals surface area contributed by atoms with Crippen molar-refractivity contribution in [3.8, 4) is 0 Å². The van der Waals surface area contributed by atoms with E-state index in [9.17, 15) is 4.79 Å². The maximum Gasteiger partial charge on any atom is 0.225 e. The molecule has 2 aliphatic carbocycles. The SMILES string of the molecule is CC1CCN(C(=O)C2CC3CC3C2)C1CCl. The Labute approximate surface area is 102 Å². The molecule has 16 heavy (non-hydrogen) atoms. The molecule has 0 N–H and O–H groups in total. The van der Waals surface area contributed by atoms with Crippen LogP contribution in [-0.2, 0) is 4.79 Å². The minimum atomic E-state index is 0.297. The van der Waals surface area contributed by atoms with E-state index in [1.807, 2.05) is 0 Å². The lowest BCUT2D eigenvalue weighted by Gasteiger charge is -2.28. The van der Waals surface area contributed by atoms with Crippen LogP contribution in [0, 0.1) is 23.7 Å². The lowest BCUT2D eigenvalue weighted by atomic mass is 10.0. The Morgan fingerprint density at radius 1 is 1.31 bits per heavy atom. The van der Waals surface area contributed by atoms with Crippen molar-refractivity contribution < 1.29 is 4.79 Å². The van der Waals surface area contributed by atoms with Crippen LogP contribution in [0.2, 0.25) is 0 Å². The van der Waals surface area contributed by atoms with Gasteiger partial charge in [-0.3, -0.25) is 4.79 Å². The number of carbonyl (C=O) groups excluding carboxylic acids is 1. The molecule has 2 nitrogen and oxygen atoms in total. The smallest absolute Gasteiger partial charge is 0.225 e. The molecule has 4 atom stereocenters. The van der Waals surface area contributed by atoms with E-state index in [0.29, 0.717) is 29.7 Å². The number of amides is 1. The molecule has 90 valence electrons. The summed E-state index contributed by atoms with van der Waals surface area (Å²) in [5, 5.41) is 0. The second kappa shape index (κ2) is 3.90. The average Bonchev–Trinajstić information content (AvgIpc) is 2.74. The fourth-order valence-corrected chi connectivity index (χ4v) is 4.14. The first-order valence-electron chi connectivity index (χ1n) is 6.57.